The summed E-state index contributed by atoms with van der Waals surface area (Å²) < 4.78 is 10.1. The van der Waals surface area contributed by atoms with Crippen LogP contribution in [0.15, 0.2) is 42.5 Å². The van der Waals surface area contributed by atoms with Crippen LogP contribution >= 0.6 is 0 Å². The third kappa shape index (κ3) is 4.45. The Bertz CT molecular complexity index is 1050. The van der Waals surface area contributed by atoms with Gasteiger partial charge in [0.2, 0.25) is 0 Å². The smallest absolute Gasteiger partial charge is 0.355 e. The fourth-order valence-electron chi connectivity index (χ4n) is 3.23. The highest BCUT2D eigenvalue weighted by Gasteiger charge is 2.23. The molecule has 2 aromatic heterocycles. The first-order chi connectivity index (χ1) is 13.9. The van der Waals surface area contributed by atoms with Gasteiger partial charge in [-0.05, 0) is 37.1 Å². The molecule has 0 fully saturated rings. The van der Waals surface area contributed by atoms with Gasteiger partial charge in [0.1, 0.15) is 18.0 Å². The van der Waals surface area contributed by atoms with Crippen LogP contribution < -0.4 is 0 Å². The van der Waals surface area contributed by atoms with Crippen molar-refractivity contribution in [3.63, 3.8) is 0 Å². The molecule has 1 aromatic carbocycles. The quantitative estimate of drug-likeness (QED) is 0.471. The summed E-state index contributed by atoms with van der Waals surface area (Å²) in [5.74, 6) is -1.16. The zero-order valence-corrected chi connectivity index (χ0v) is 16.5. The summed E-state index contributed by atoms with van der Waals surface area (Å²) in [7, 11) is 1.30. The molecule has 7 nitrogen and oxygen atoms in total. The molecule has 0 aliphatic heterocycles. The maximum atomic E-state index is 12.6. The largest absolute Gasteiger partial charge is 0.464 e. The van der Waals surface area contributed by atoms with Crippen molar-refractivity contribution < 1.29 is 23.9 Å². The lowest BCUT2D eigenvalue weighted by molar-refractivity contribution is 0.0465. The zero-order valence-electron chi connectivity index (χ0n) is 16.5. The van der Waals surface area contributed by atoms with Crippen LogP contribution in [0.1, 0.15) is 60.8 Å². The van der Waals surface area contributed by atoms with E-state index >= 15 is 0 Å². The predicted molar refractivity (Wildman–Crippen MR) is 106 cm³/mol. The van der Waals surface area contributed by atoms with Crippen molar-refractivity contribution >= 4 is 17.7 Å². The second-order valence-corrected chi connectivity index (χ2v) is 6.66. The molecule has 7 heteroatoms. The number of carbonyl (C=O) groups is 3. The molecule has 29 heavy (non-hydrogen) atoms. The van der Waals surface area contributed by atoms with Gasteiger partial charge in [-0.25, -0.2) is 9.59 Å². The van der Waals surface area contributed by atoms with Gasteiger partial charge in [-0.3, -0.25) is 4.79 Å². The van der Waals surface area contributed by atoms with Gasteiger partial charge in [0, 0.05) is 23.4 Å². The molecule has 0 amide bonds. The Morgan fingerprint density at radius 3 is 2.34 bits per heavy atom. The standard InChI is InChI=1S/C22H22N2O5/c1-13-19(14(2)25)18(11-16-9-10-17(23-16)21(26)28-3)24-20(13)22(27)29-12-15-7-5-4-6-8-15/h4-10,23-24H,11-12H2,1-3H3. The van der Waals surface area contributed by atoms with E-state index in [9.17, 15) is 14.4 Å². The number of hydrogen-bond acceptors (Lipinski definition) is 5. The minimum absolute atomic E-state index is 0.141. The fraction of sp³-hybridized carbons (Fsp3) is 0.227. The average Bonchev–Trinajstić information content (AvgIpc) is 3.31. The summed E-state index contributed by atoms with van der Waals surface area (Å²) in [5.41, 5.74) is 3.73. The van der Waals surface area contributed by atoms with Crippen LogP contribution in [0.2, 0.25) is 0 Å². The van der Waals surface area contributed by atoms with Gasteiger partial charge < -0.3 is 19.4 Å². The number of rotatable bonds is 7. The monoisotopic (exact) mass is 394 g/mol. The minimum Gasteiger partial charge on any atom is -0.464 e. The lowest BCUT2D eigenvalue weighted by atomic mass is 10.0. The van der Waals surface area contributed by atoms with Crippen LogP contribution in [0.25, 0.3) is 0 Å². The number of aromatic amines is 2. The summed E-state index contributed by atoms with van der Waals surface area (Å²) in [6.07, 6.45) is 0.318. The van der Waals surface area contributed by atoms with E-state index in [1.807, 2.05) is 30.3 Å². The van der Waals surface area contributed by atoms with Crippen LogP contribution in [0.4, 0.5) is 0 Å². The van der Waals surface area contributed by atoms with Crippen molar-refractivity contribution in [2.24, 2.45) is 0 Å². The van der Waals surface area contributed by atoms with Crippen molar-refractivity contribution in [1.82, 2.24) is 9.97 Å². The number of H-pyrrole nitrogens is 2. The molecule has 0 saturated carbocycles. The van der Waals surface area contributed by atoms with Gasteiger partial charge in [0.15, 0.2) is 5.78 Å². The van der Waals surface area contributed by atoms with Crippen molar-refractivity contribution in [2.75, 3.05) is 7.11 Å². The zero-order chi connectivity index (χ0) is 21.0. The molecule has 0 aliphatic carbocycles. The number of benzene rings is 1. The summed E-state index contributed by atoms with van der Waals surface area (Å²) in [4.78, 5) is 42.4. The number of esters is 2. The van der Waals surface area contributed by atoms with E-state index in [1.165, 1.54) is 14.0 Å². The van der Waals surface area contributed by atoms with Crippen molar-refractivity contribution in [2.45, 2.75) is 26.9 Å². The van der Waals surface area contributed by atoms with E-state index in [0.29, 0.717) is 34.6 Å². The van der Waals surface area contributed by atoms with Gasteiger partial charge in [-0.15, -0.1) is 0 Å². The second kappa shape index (κ2) is 8.60. The molecule has 0 spiro atoms. The number of Topliss-reactive ketones (excluding diaryl/α,β-unsaturated/α-hetero) is 1. The summed E-state index contributed by atoms with van der Waals surface area (Å²) >= 11 is 0. The lowest BCUT2D eigenvalue weighted by Gasteiger charge is -2.04. The second-order valence-electron chi connectivity index (χ2n) is 6.66. The molecule has 3 rings (SSSR count). The first-order valence-corrected chi connectivity index (χ1v) is 9.10. The molecule has 0 bridgehead atoms. The van der Waals surface area contributed by atoms with Crippen LogP contribution in [0, 0.1) is 6.92 Å². The molecule has 0 radical (unpaired) electrons. The van der Waals surface area contributed by atoms with E-state index in [2.05, 4.69) is 14.7 Å². The Kier molecular flexibility index (Phi) is 5.97. The number of carbonyl (C=O) groups excluding carboxylic acids is 3. The number of nitrogens with one attached hydrogen (secondary N) is 2. The van der Waals surface area contributed by atoms with Crippen LogP contribution in [0.5, 0.6) is 0 Å². The van der Waals surface area contributed by atoms with Gasteiger partial charge in [0.05, 0.1) is 7.11 Å². The maximum absolute atomic E-state index is 12.6. The highest BCUT2D eigenvalue weighted by atomic mass is 16.5. The molecule has 0 saturated heterocycles. The van der Waals surface area contributed by atoms with Gasteiger partial charge >= 0.3 is 11.9 Å². The van der Waals surface area contributed by atoms with Gasteiger partial charge in [0.25, 0.3) is 0 Å². The van der Waals surface area contributed by atoms with E-state index < -0.39 is 11.9 Å². The molecule has 0 aliphatic rings. The van der Waals surface area contributed by atoms with Crippen molar-refractivity contribution in [3.8, 4) is 0 Å². The van der Waals surface area contributed by atoms with E-state index in [0.717, 1.165) is 5.56 Å². The third-order valence-electron chi connectivity index (χ3n) is 4.62. The van der Waals surface area contributed by atoms with E-state index in [4.69, 9.17) is 4.74 Å². The molecule has 150 valence electrons. The van der Waals surface area contributed by atoms with E-state index in [-0.39, 0.29) is 18.1 Å². The Hall–Kier alpha value is -3.61. The normalized spacial score (nSPS) is 10.6. The molecule has 0 unspecified atom stereocenters. The van der Waals surface area contributed by atoms with Gasteiger partial charge in [-0.2, -0.15) is 0 Å². The van der Waals surface area contributed by atoms with Crippen LogP contribution in [-0.2, 0) is 22.5 Å². The summed E-state index contributed by atoms with van der Waals surface area (Å²) in [6, 6.07) is 12.7. The van der Waals surface area contributed by atoms with E-state index in [1.54, 1.807) is 19.1 Å². The van der Waals surface area contributed by atoms with Gasteiger partial charge in [-0.1, -0.05) is 30.3 Å². The molecule has 0 atom stereocenters. The number of aromatic nitrogens is 2. The number of ketones is 1. The predicted octanol–water partition coefficient (Wildman–Crippen LogP) is 3.59. The minimum atomic E-state index is -0.526. The molecule has 2 N–H and O–H groups in total. The molecular formula is C22H22N2O5. The number of hydrogen-bond donors (Lipinski definition) is 2. The Morgan fingerprint density at radius 1 is 0.966 bits per heavy atom. The Labute approximate surface area is 168 Å². The van der Waals surface area contributed by atoms with Crippen LogP contribution in [-0.4, -0.2) is 34.8 Å². The fourth-order valence-corrected chi connectivity index (χ4v) is 3.23. The first kappa shape index (κ1) is 20.1. The Morgan fingerprint density at radius 2 is 1.69 bits per heavy atom. The third-order valence-corrected chi connectivity index (χ3v) is 4.62. The Balaban J connectivity index is 1.82. The molecule has 3 aromatic rings. The molecule has 2 heterocycles. The average molecular weight is 394 g/mol. The van der Waals surface area contributed by atoms with Crippen LogP contribution in [0.3, 0.4) is 0 Å². The highest BCUT2D eigenvalue weighted by Crippen LogP contribution is 2.23. The first-order valence-electron chi connectivity index (χ1n) is 9.10. The summed E-state index contributed by atoms with van der Waals surface area (Å²) in [6.45, 7) is 3.31. The van der Waals surface area contributed by atoms with Crippen molar-refractivity contribution in [1.29, 1.82) is 0 Å². The summed E-state index contributed by atoms with van der Waals surface area (Å²) in [5, 5.41) is 0. The number of ether oxygens (including phenoxy) is 2. The topological polar surface area (TPSA) is 101 Å². The van der Waals surface area contributed by atoms with Crippen molar-refractivity contribution in [3.05, 3.63) is 81.9 Å². The SMILES string of the molecule is COC(=O)c1ccc(Cc2[nH]c(C(=O)OCc3ccccc3)c(C)c2C(C)=O)[nH]1. The highest BCUT2D eigenvalue weighted by molar-refractivity contribution is 6.01. The molecular weight excluding hydrogens is 372 g/mol. The maximum Gasteiger partial charge on any atom is 0.355 e. The number of methoxy groups -OCH3 is 1. The lowest BCUT2D eigenvalue weighted by Crippen LogP contribution is -2.07.